The summed E-state index contributed by atoms with van der Waals surface area (Å²) in [5.74, 6) is -10.3. The third kappa shape index (κ3) is 16.9. The van der Waals surface area contributed by atoms with Gasteiger partial charge in [-0.15, -0.1) is 0 Å². The highest BCUT2D eigenvalue weighted by Gasteiger charge is 2.46. The van der Waals surface area contributed by atoms with Gasteiger partial charge >= 0.3 is 11.9 Å². The molecule has 0 radical (unpaired) electrons. The number of likely N-dealkylation sites (N-methyl/N-ethyl adjacent to an activating group) is 2. The Labute approximate surface area is 465 Å². The summed E-state index contributed by atoms with van der Waals surface area (Å²) >= 11 is 0. The fraction of sp³-hybridized carbons (Fsp3) is 0.719. The Kier molecular flexibility index (Phi) is 24.3. The number of nitrogens with zero attached hydrogens (tertiary/aromatic N) is 4. The minimum absolute atomic E-state index is 0.0720. The number of aliphatic hydroxyl groups is 2. The summed E-state index contributed by atoms with van der Waals surface area (Å²) in [6.07, 6.45) is -4.99. The van der Waals surface area contributed by atoms with Crippen LogP contribution in [0.15, 0.2) is 24.3 Å². The molecule has 0 aromatic heterocycles. The quantitative estimate of drug-likeness (QED) is 0.124. The first-order valence-corrected chi connectivity index (χ1v) is 28.0. The molecule has 3 heterocycles. The molecule has 79 heavy (non-hydrogen) atoms. The fourth-order valence-corrected chi connectivity index (χ4v) is 10.5. The molecule has 0 aliphatic carbocycles. The smallest absolute Gasteiger partial charge is 0.329 e. The predicted octanol–water partition coefficient (Wildman–Crippen LogP) is 2.32. The minimum Gasteiger partial charge on any atom is -0.497 e. The maximum atomic E-state index is 15.0. The summed E-state index contributed by atoms with van der Waals surface area (Å²) in [5, 5.41) is 30.2. The van der Waals surface area contributed by atoms with E-state index in [1.54, 1.807) is 52.0 Å². The van der Waals surface area contributed by atoms with Gasteiger partial charge in [-0.3, -0.25) is 43.2 Å². The van der Waals surface area contributed by atoms with E-state index in [1.165, 1.54) is 61.6 Å². The number of esters is 2. The van der Waals surface area contributed by atoms with Crippen LogP contribution >= 0.6 is 0 Å². The van der Waals surface area contributed by atoms with Gasteiger partial charge in [-0.05, 0) is 101 Å². The molecule has 4 rings (SSSR count). The number of carbonyl (C=O) groups excluding carboxylic acids is 10. The minimum atomic E-state index is -1.76. The fourth-order valence-electron chi connectivity index (χ4n) is 10.5. The molecule has 22 heteroatoms. The van der Waals surface area contributed by atoms with Crippen LogP contribution in [0.25, 0.3) is 0 Å². The van der Waals surface area contributed by atoms with Crippen LogP contribution in [0.4, 0.5) is 0 Å². The van der Waals surface area contributed by atoms with E-state index < -0.39 is 150 Å². The van der Waals surface area contributed by atoms with Crippen molar-refractivity contribution in [3.63, 3.8) is 0 Å². The van der Waals surface area contributed by atoms with Crippen LogP contribution in [0.3, 0.4) is 0 Å². The van der Waals surface area contributed by atoms with E-state index in [0.29, 0.717) is 30.6 Å². The first-order chi connectivity index (χ1) is 37.0. The number of amides is 7. The van der Waals surface area contributed by atoms with Crippen molar-refractivity contribution in [2.24, 2.45) is 29.6 Å². The van der Waals surface area contributed by atoms with Crippen molar-refractivity contribution in [3.05, 3.63) is 29.8 Å². The average Bonchev–Trinajstić information content (AvgIpc) is 4.13. The summed E-state index contributed by atoms with van der Waals surface area (Å²) in [5.41, 5.74) is 0.571. The van der Waals surface area contributed by atoms with Crippen LogP contribution in [0.2, 0.25) is 0 Å². The molecule has 3 aliphatic heterocycles. The molecule has 22 nitrogen and oxygen atoms in total. The van der Waals surface area contributed by atoms with Crippen LogP contribution in [0.1, 0.15) is 133 Å². The molecule has 1 aromatic rings. The van der Waals surface area contributed by atoms with Crippen molar-refractivity contribution in [3.8, 4) is 5.75 Å². The van der Waals surface area contributed by atoms with Crippen LogP contribution in [0.5, 0.6) is 5.75 Å². The van der Waals surface area contributed by atoms with Gasteiger partial charge in [-0.1, -0.05) is 73.9 Å². The number of likely N-dealkylation sites (tertiary alicyclic amines) is 1. The first kappa shape index (κ1) is 65.4. The third-order valence-electron chi connectivity index (χ3n) is 15.5. The molecule has 3 aliphatic rings. The highest BCUT2D eigenvalue weighted by Crippen LogP contribution is 2.27. The third-order valence-corrected chi connectivity index (χ3v) is 15.5. The number of fused-ring (bicyclic) bond motifs is 1. The zero-order valence-electron chi connectivity index (χ0n) is 48.8. The van der Waals surface area contributed by atoms with Crippen molar-refractivity contribution in [2.75, 3.05) is 34.3 Å². The lowest BCUT2D eigenvalue weighted by molar-refractivity contribution is -0.163. The molecule has 1 unspecified atom stereocenters. The number of cyclic esters (lactones) is 2. The van der Waals surface area contributed by atoms with Gasteiger partial charge in [-0.25, -0.2) is 4.79 Å². The lowest BCUT2D eigenvalue weighted by atomic mass is 9.91. The Morgan fingerprint density at radius 3 is 2.06 bits per heavy atom. The van der Waals surface area contributed by atoms with Crippen molar-refractivity contribution >= 4 is 59.1 Å². The molecule has 1 aromatic carbocycles. The summed E-state index contributed by atoms with van der Waals surface area (Å²) in [6, 6.07) is -2.19. The number of rotatable bonds is 15. The van der Waals surface area contributed by atoms with Crippen molar-refractivity contribution < 1.29 is 72.4 Å². The topological polar surface area (TPSA) is 288 Å². The van der Waals surface area contributed by atoms with E-state index in [1.807, 2.05) is 27.7 Å². The van der Waals surface area contributed by atoms with Crippen molar-refractivity contribution in [2.45, 2.75) is 201 Å². The lowest BCUT2D eigenvalue weighted by Gasteiger charge is -2.36. The van der Waals surface area contributed by atoms with Crippen molar-refractivity contribution in [1.29, 1.82) is 0 Å². The second kappa shape index (κ2) is 29.3. The van der Waals surface area contributed by atoms with E-state index >= 15 is 4.79 Å². The maximum Gasteiger partial charge on any atom is 0.329 e. The van der Waals surface area contributed by atoms with E-state index in [4.69, 9.17) is 14.2 Å². The summed E-state index contributed by atoms with van der Waals surface area (Å²) in [6.45, 7) is 18.4. The van der Waals surface area contributed by atoms with Gasteiger partial charge < -0.3 is 60.0 Å². The summed E-state index contributed by atoms with van der Waals surface area (Å²) in [7, 11) is 4.29. The SMILES string of the molecule is CC[C@H](C)[C@H]1NC(=O)[C@@H](NC(=O)C(CC(C)C)N(C)C(=O)[C@H]2CCCN2C(=O)[C@H](C)O)[C@H](C)OC(=O)[C@H](Cc2ccc(OC)cc2)N(C)C(=O)[C@H]2CCCN2C(=O)[C@H](CC(C)C)NC(=O)[C@@H](C)C(=O)[C@H](C(C)C)OC(=O)C[C@H]1O. The highest BCUT2D eigenvalue weighted by molar-refractivity contribution is 6.05. The number of hydrogen-bond acceptors (Lipinski definition) is 15. The highest BCUT2D eigenvalue weighted by atomic mass is 16.6. The second-order valence-electron chi connectivity index (χ2n) is 23.0. The van der Waals surface area contributed by atoms with Gasteiger partial charge in [0.15, 0.2) is 11.9 Å². The average molecular weight is 1110 g/mol. The normalized spacial score (nSPS) is 27.7. The maximum absolute atomic E-state index is 15.0. The molecule has 7 amide bonds. The number of carbonyl (C=O) groups is 10. The van der Waals surface area contributed by atoms with Gasteiger partial charge in [-0.2, -0.15) is 0 Å². The largest absolute Gasteiger partial charge is 0.497 e. The molecule has 13 atom stereocenters. The van der Waals surface area contributed by atoms with Gasteiger partial charge in [0.1, 0.15) is 54.2 Å². The van der Waals surface area contributed by atoms with E-state index in [0.717, 1.165) is 0 Å². The van der Waals surface area contributed by atoms with Crippen molar-refractivity contribution in [1.82, 2.24) is 35.6 Å². The number of hydrogen-bond donors (Lipinski definition) is 5. The van der Waals surface area contributed by atoms with E-state index in [-0.39, 0.29) is 57.0 Å². The monoisotopic (exact) mass is 1110 g/mol. The number of methoxy groups -OCH3 is 1. The van der Waals surface area contributed by atoms with Crippen LogP contribution in [-0.4, -0.2) is 190 Å². The summed E-state index contributed by atoms with van der Waals surface area (Å²) in [4.78, 5) is 149. The molecular weight excluding hydrogens is 1020 g/mol. The standard InChI is InChI=1S/C57H89N7O15/c1-15-33(8)46-44(66)29-45(67)79-49(32(6)7)48(68)34(9)50(69)58-39(26-30(2)3)54(73)64-25-17-19-41(64)56(75)62(13)43(28-37-20-22-38(77-14)23-21-37)57(76)78-36(11)47(52(71)59-46)60-51(70)42(27-31(4)5)61(12)55(74)40-18-16-24-63(40)53(72)35(10)65/h20-23,30-36,39-44,46-47,49,65-66H,15-19,24-29H2,1-14H3,(H,58,69)(H,59,71)(H,60,70)/t33-,34-,35-,36-,39-,40+,41+,42?,43-,44+,46+,47-,49-/m0/s1. The van der Waals surface area contributed by atoms with Crippen LogP contribution < -0.4 is 20.7 Å². The molecule has 0 bridgehead atoms. The van der Waals surface area contributed by atoms with E-state index in [2.05, 4.69) is 16.0 Å². The number of benzene rings is 1. The zero-order chi connectivity index (χ0) is 59.3. The number of aliphatic hydroxyl groups excluding tert-OH is 2. The zero-order valence-corrected chi connectivity index (χ0v) is 48.8. The molecule has 3 saturated heterocycles. The molecule has 5 N–H and O–H groups in total. The molecular formula is C57H89N7O15. The van der Waals surface area contributed by atoms with Gasteiger partial charge in [0.05, 0.1) is 31.6 Å². The molecule has 0 saturated carbocycles. The van der Waals surface area contributed by atoms with Crippen LogP contribution in [0, 0.1) is 29.6 Å². The van der Waals surface area contributed by atoms with Gasteiger partial charge in [0.25, 0.3) is 5.91 Å². The Morgan fingerprint density at radius 1 is 0.861 bits per heavy atom. The summed E-state index contributed by atoms with van der Waals surface area (Å²) < 4.78 is 17.2. The van der Waals surface area contributed by atoms with Gasteiger partial charge in [0.2, 0.25) is 35.4 Å². The molecule has 0 spiro atoms. The Hall–Kier alpha value is -6.16. The number of ketones is 1. The van der Waals surface area contributed by atoms with E-state index in [9.17, 15) is 53.4 Å². The Bertz CT molecular complexity index is 2330. The Balaban J connectivity index is 1.89. The molecule has 442 valence electrons. The van der Waals surface area contributed by atoms with Crippen LogP contribution in [-0.2, 0) is 63.8 Å². The van der Waals surface area contributed by atoms with Gasteiger partial charge in [0, 0.05) is 33.6 Å². The first-order valence-electron chi connectivity index (χ1n) is 28.0. The predicted molar refractivity (Wildman–Crippen MR) is 290 cm³/mol. The Morgan fingerprint density at radius 2 is 1.49 bits per heavy atom. The lowest BCUT2D eigenvalue weighted by Crippen LogP contribution is -2.62. The number of ether oxygens (including phenoxy) is 3. The molecule has 3 fully saturated rings. The number of Topliss-reactive ketones (excluding diaryl/α,β-unsaturated/α-hetero) is 1. The number of nitrogens with one attached hydrogen (secondary N) is 3. The second-order valence-corrected chi connectivity index (χ2v) is 23.0.